The van der Waals surface area contributed by atoms with E-state index in [1.54, 1.807) is 6.92 Å². The minimum Gasteiger partial charge on any atom is -0.478 e. The molecular formula is C14H10F2O3. The Morgan fingerprint density at radius 2 is 1.68 bits per heavy atom. The topological polar surface area (TPSA) is 46.5 Å². The van der Waals surface area contributed by atoms with Crippen molar-refractivity contribution in [2.75, 3.05) is 0 Å². The van der Waals surface area contributed by atoms with Gasteiger partial charge in [0, 0.05) is 6.07 Å². The van der Waals surface area contributed by atoms with Crippen LogP contribution in [0.1, 0.15) is 15.9 Å². The van der Waals surface area contributed by atoms with Crippen molar-refractivity contribution in [3.63, 3.8) is 0 Å². The molecule has 98 valence electrons. The van der Waals surface area contributed by atoms with Gasteiger partial charge in [-0.1, -0.05) is 0 Å². The van der Waals surface area contributed by atoms with Gasteiger partial charge in [0.05, 0.1) is 5.56 Å². The van der Waals surface area contributed by atoms with Crippen molar-refractivity contribution in [3.05, 3.63) is 59.2 Å². The van der Waals surface area contributed by atoms with E-state index in [2.05, 4.69) is 0 Å². The molecule has 0 aromatic heterocycles. The fourth-order valence-electron chi connectivity index (χ4n) is 1.62. The number of halogens is 2. The molecule has 0 saturated heterocycles. The summed E-state index contributed by atoms with van der Waals surface area (Å²) in [5.74, 6) is -2.49. The van der Waals surface area contributed by atoms with Gasteiger partial charge >= 0.3 is 5.97 Å². The highest BCUT2D eigenvalue weighted by atomic mass is 19.2. The van der Waals surface area contributed by atoms with Gasteiger partial charge in [-0.2, -0.15) is 0 Å². The molecular weight excluding hydrogens is 254 g/mol. The van der Waals surface area contributed by atoms with Crippen molar-refractivity contribution >= 4 is 5.97 Å². The molecule has 0 fully saturated rings. The molecule has 1 N–H and O–H groups in total. The van der Waals surface area contributed by atoms with Crippen LogP contribution in [0.2, 0.25) is 0 Å². The summed E-state index contributed by atoms with van der Waals surface area (Å²) in [5.41, 5.74) is 0.685. The van der Waals surface area contributed by atoms with Gasteiger partial charge in [0.1, 0.15) is 11.5 Å². The molecule has 3 nitrogen and oxygen atoms in total. The molecule has 0 amide bonds. The van der Waals surface area contributed by atoms with Gasteiger partial charge in [-0.15, -0.1) is 0 Å². The minimum atomic E-state index is -1.03. The number of rotatable bonds is 3. The number of carbonyl (C=O) groups is 1. The molecule has 2 rings (SSSR count). The molecule has 0 atom stereocenters. The van der Waals surface area contributed by atoms with Crippen LogP contribution in [-0.2, 0) is 0 Å². The summed E-state index contributed by atoms with van der Waals surface area (Å²) in [5, 5.41) is 8.88. The van der Waals surface area contributed by atoms with Gasteiger partial charge in [0.15, 0.2) is 11.6 Å². The van der Waals surface area contributed by atoms with Crippen molar-refractivity contribution in [2.45, 2.75) is 6.92 Å². The number of ether oxygens (including phenoxy) is 1. The Morgan fingerprint density at radius 1 is 1.05 bits per heavy atom. The zero-order chi connectivity index (χ0) is 14.0. The van der Waals surface area contributed by atoms with Crippen LogP contribution in [0.5, 0.6) is 11.5 Å². The molecule has 0 spiro atoms. The second-order valence-electron chi connectivity index (χ2n) is 3.96. The number of aryl methyl sites for hydroxylation is 1. The molecule has 0 bridgehead atoms. The average molecular weight is 264 g/mol. The minimum absolute atomic E-state index is 0.140. The van der Waals surface area contributed by atoms with Crippen LogP contribution in [0.4, 0.5) is 8.78 Å². The summed E-state index contributed by atoms with van der Waals surface area (Å²) in [6.07, 6.45) is 0. The number of hydrogen-bond acceptors (Lipinski definition) is 2. The molecule has 0 aliphatic rings. The summed E-state index contributed by atoms with van der Waals surface area (Å²) in [7, 11) is 0. The maximum atomic E-state index is 13.0. The van der Waals surface area contributed by atoms with E-state index < -0.39 is 17.6 Å². The van der Waals surface area contributed by atoms with Crippen LogP contribution in [0, 0.1) is 18.6 Å². The lowest BCUT2D eigenvalue weighted by molar-refractivity contribution is 0.0696. The first-order chi connectivity index (χ1) is 8.97. The van der Waals surface area contributed by atoms with Crippen LogP contribution in [0.25, 0.3) is 0 Å². The quantitative estimate of drug-likeness (QED) is 0.918. The highest BCUT2D eigenvalue weighted by Crippen LogP contribution is 2.25. The van der Waals surface area contributed by atoms with Crippen LogP contribution < -0.4 is 4.74 Å². The largest absolute Gasteiger partial charge is 0.478 e. The van der Waals surface area contributed by atoms with E-state index in [9.17, 15) is 13.6 Å². The maximum absolute atomic E-state index is 13.0. The van der Waals surface area contributed by atoms with Crippen molar-refractivity contribution < 1.29 is 23.4 Å². The average Bonchev–Trinajstić information content (AvgIpc) is 2.33. The Kier molecular flexibility index (Phi) is 3.46. The Balaban J connectivity index is 2.26. The molecule has 5 heteroatoms. The lowest BCUT2D eigenvalue weighted by atomic mass is 10.1. The zero-order valence-corrected chi connectivity index (χ0v) is 9.98. The summed E-state index contributed by atoms with van der Waals surface area (Å²) in [4.78, 5) is 10.8. The Labute approximate surface area is 108 Å². The fourth-order valence-corrected chi connectivity index (χ4v) is 1.62. The second-order valence-corrected chi connectivity index (χ2v) is 3.96. The van der Waals surface area contributed by atoms with E-state index in [0.29, 0.717) is 11.3 Å². The van der Waals surface area contributed by atoms with E-state index >= 15 is 0 Å². The summed E-state index contributed by atoms with van der Waals surface area (Å²) < 4.78 is 31.1. The fraction of sp³-hybridized carbons (Fsp3) is 0.0714. The van der Waals surface area contributed by atoms with Crippen LogP contribution in [-0.4, -0.2) is 11.1 Å². The number of carboxylic acid groups (broad SMARTS) is 1. The van der Waals surface area contributed by atoms with Crippen molar-refractivity contribution in [1.29, 1.82) is 0 Å². The summed E-state index contributed by atoms with van der Waals surface area (Å²) in [6, 6.07) is 7.55. The molecule has 0 radical (unpaired) electrons. The van der Waals surface area contributed by atoms with E-state index in [1.165, 1.54) is 24.3 Å². The highest BCUT2D eigenvalue weighted by molar-refractivity contribution is 5.89. The van der Waals surface area contributed by atoms with E-state index in [1.807, 2.05) is 0 Å². The van der Waals surface area contributed by atoms with Crippen LogP contribution in [0.3, 0.4) is 0 Å². The van der Waals surface area contributed by atoms with Gasteiger partial charge in [0.2, 0.25) is 0 Å². The first-order valence-corrected chi connectivity index (χ1v) is 5.44. The van der Waals surface area contributed by atoms with Crippen LogP contribution >= 0.6 is 0 Å². The number of aromatic carboxylic acids is 1. The van der Waals surface area contributed by atoms with Gasteiger partial charge in [-0.05, 0) is 42.8 Å². The monoisotopic (exact) mass is 264 g/mol. The molecule has 0 heterocycles. The molecule has 0 saturated carbocycles. The van der Waals surface area contributed by atoms with Gasteiger partial charge in [0.25, 0.3) is 0 Å². The SMILES string of the molecule is Cc1cc(Oc2ccc(F)c(F)c2)ccc1C(=O)O. The third-order valence-electron chi connectivity index (χ3n) is 2.56. The molecule has 0 unspecified atom stereocenters. The highest BCUT2D eigenvalue weighted by Gasteiger charge is 2.09. The number of benzene rings is 2. The second kappa shape index (κ2) is 5.06. The normalized spacial score (nSPS) is 10.3. The van der Waals surface area contributed by atoms with Crippen molar-refractivity contribution in [3.8, 4) is 11.5 Å². The van der Waals surface area contributed by atoms with Gasteiger partial charge in [-0.25, -0.2) is 13.6 Å². The molecule has 19 heavy (non-hydrogen) atoms. The van der Waals surface area contributed by atoms with Gasteiger partial charge in [-0.3, -0.25) is 0 Å². The Hall–Kier alpha value is -2.43. The first kappa shape index (κ1) is 13.0. The van der Waals surface area contributed by atoms with E-state index in [4.69, 9.17) is 9.84 Å². The predicted octanol–water partition coefficient (Wildman–Crippen LogP) is 3.76. The maximum Gasteiger partial charge on any atom is 0.335 e. The third kappa shape index (κ3) is 2.88. The predicted molar refractivity (Wildman–Crippen MR) is 64.6 cm³/mol. The lowest BCUT2D eigenvalue weighted by Gasteiger charge is -2.08. The lowest BCUT2D eigenvalue weighted by Crippen LogP contribution is -1.99. The number of hydrogen-bond donors (Lipinski definition) is 1. The third-order valence-corrected chi connectivity index (χ3v) is 2.56. The first-order valence-electron chi connectivity index (χ1n) is 5.44. The van der Waals surface area contributed by atoms with Crippen LogP contribution in [0.15, 0.2) is 36.4 Å². The Morgan fingerprint density at radius 3 is 2.26 bits per heavy atom. The van der Waals surface area contributed by atoms with E-state index in [0.717, 1.165) is 12.1 Å². The van der Waals surface area contributed by atoms with Crippen molar-refractivity contribution in [2.24, 2.45) is 0 Å². The molecule has 0 aliphatic carbocycles. The zero-order valence-electron chi connectivity index (χ0n) is 9.98. The standard InChI is InChI=1S/C14H10F2O3/c1-8-6-9(2-4-11(8)14(17)18)19-10-3-5-12(15)13(16)7-10/h2-7H,1H3,(H,17,18). The smallest absolute Gasteiger partial charge is 0.335 e. The van der Waals surface area contributed by atoms with E-state index in [-0.39, 0.29) is 11.3 Å². The van der Waals surface area contributed by atoms with Gasteiger partial charge < -0.3 is 9.84 Å². The number of carboxylic acids is 1. The summed E-state index contributed by atoms with van der Waals surface area (Å²) in [6.45, 7) is 1.63. The molecule has 2 aromatic rings. The molecule has 0 aliphatic heterocycles. The summed E-state index contributed by atoms with van der Waals surface area (Å²) >= 11 is 0. The van der Waals surface area contributed by atoms with Crippen molar-refractivity contribution in [1.82, 2.24) is 0 Å². The molecule has 2 aromatic carbocycles. The Bertz CT molecular complexity index is 639.